The molecule has 104 valence electrons. The van der Waals surface area contributed by atoms with Gasteiger partial charge in [-0.05, 0) is 55.5 Å². The summed E-state index contributed by atoms with van der Waals surface area (Å²) in [6.07, 6.45) is 0.808. The van der Waals surface area contributed by atoms with Crippen LogP contribution in [0, 0.1) is 25.7 Å². The van der Waals surface area contributed by atoms with Crippen molar-refractivity contribution in [1.82, 2.24) is 5.32 Å². The molecule has 1 fully saturated rings. The van der Waals surface area contributed by atoms with Crippen LogP contribution in [0.2, 0.25) is 0 Å². The molecular weight excluding hydrogens is 242 g/mol. The number of aliphatic carboxylic acids is 1. The van der Waals surface area contributed by atoms with Gasteiger partial charge in [-0.2, -0.15) is 0 Å². The molecule has 0 amide bonds. The van der Waals surface area contributed by atoms with E-state index >= 15 is 0 Å². The summed E-state index contributed by atoms with van der Waals surface area (Å²) in [5.74, 6) is 0.418. The number of hydrogen-bond acceptors (Lipinski definition) is 3. The molecule has 1 aromatic carbocycles. The molecule has 2 rings (SSSR count). The first-order valence-corrected chi connectivity index (χ1v) is 6.61. The van der Waals surface area contributed by atoms with Gasteiger partial charge in [-0.25, -0.2) is 0 Å². The Balaban J connectivity index is 1.87. The van der Waals surface area contributed by atoms with Crippen LogP contribution in [-0.4, -0.2) is 24.7 Å². The summed E-state index contributed by atoms with van der Waals surface area (Å²) in [5.41, 5.74) is 3.64. The van der Waals surface area contributed by atoms with Crippen LogP contribution in [-0.2, 0) is 11.3 Å². The van der Waals surface area contributed by atoms with E-state index in [1.165, 1.54) is 11.1 Å². The van der Waals surface area contributed by atoms with Crippen molar-refractivity contribution in [3.63, 3.8) is 0 Å². The molecule has 0 spiro atoms. The number of carboxylic acids is 1. The highest BCUT2D eigenvalue weighted by Crippen LogP contribution is 2.37. The third-order valence-corrected chi connectivity index (χ3v) is 4.03. The summed E-state index contributed by atoms with van der Waals surface area (Å²) >= 11 is 0. The molecule has 1 aliphatic rings. The SMILES string of the molecule is COc1ccc(CNCC2CC2C(=O)O)c(C)c1C. The molecule has 1 aliphatic carbocycles. The summed E-state index contributed by atoms with van der Waals surface area (Å²) in [4.78, 5) is 10.7. The molecular formula is C15H21NO3. The lowest BCUT2D eigenvalue weighted by atomic mass is 10.0. The molecule has 1 aromatic rings. The van der Waals surface area contributed by atoms with Gasteiger partial charge in [0.05, 0.1) is 13.0 Å². The largest absolute Gasteiger partial charge is 0.496 e. The Morgan fingerprint density at radius 3 is 2.74 bits per heavy atom. The molecule has 0 aromatic heterocycles. The first kappa shape index (κ1) is 13.9. The zero-order valence-corrected chi connectivity index (χ0v) is 11.7. The minimum absolute atomic E-state index is 0.133. The number of rotatable bonds is 6. The van der Waals surface area contributed by atoms with Gasteiger partial charge < -0.3 is 15.2 Å². The Morgan fingerprint density at radius 2 is 2.16 bits per heavy atom. The number of nitrogens with one attached hydrogen (secondary N) is 1. The lowest BCUT2D eigenvalue weighted by molar-refractivity contribution is -0.138. The van der Waals surface area contributed by atoms with E-state index in [0.717, 1.165) is 30.8 Å². The van der Waals surface area contributed by atoms with Crippen LogP contribution in [0.25, 0.3) is 0 Å². The van der Waals surface area contributed by atoms with E-state index in [1.807, 2.05) is 6.07 Å². The van der Waals surface area contributed by atoms with E-state index in [4.69, 9.17) is 9.84 Å². The smallest absolute Gasteiger partial charge is 0.306 e. The molecule has 2 unspecified atom stereocenters. The van der Waals surface area contributed by atoms with Crippen LogP contribution in [0.1, 0.15) is 23.1 Å². The molecule has 19 heavy (non-hydrogen) atoms. The van der Waals surface area contributed by atoms with Crippen LogP contribution in [0.3, 0.4) is 0 Å². The van der Waals surface area contributed by atoms with Gasteiger partial charge in [0.15, 0.2) is 0 Å². The van der Waals surface area contributed by atoms with Crippen molar-refractivity contribution in [3.8, 4) is 5.75 Å². The maximum atomic E-state index is 10.7. The predicted octanol–water partition coefficient (Wildman–Crippen LogP) is 2.12. The highest BCUT2D eigenvalue weighted by Gasteiger charge is 2.42. The van der Waals surface area contributed by atoms with Gasteiger partial charge in [-0.3, -0.25) is 4.79 Å². The maximum absolute atomic E-state index is 10.7. The summed E-state index contributed by atoms with van der Waals surface area (Å²) in [7, 11) is 1.68. The van der Waals surface area contributed by atoms with Crippen molar-refractivity contribution >= 4 is 5.97 Å². The standard InChI is InChI=1S/C15H21NO3/c1-9-10(2)14(19-3)5-4-11(9)7-16-8-12-6-13(12)15(17)18/h4-5,12-13,16H,6-8H2,1-3H3,(H,17,18). The average Bonchev–Trinajstić information content (AvgIpc) is 3.14. The summed E-state index contributed by atoms with van der Waals surface area (Å²) in [5, 5.41) is 12.2. The molecule has 2 atom stereocenters. The summed E-state index contributed by atoms with van der Waals surface area (Å²) in [6.45, 7) is 5.70. The lowest BCUT2D eigenvalue weighted by Gasteiger charge is -2.13. The summed E-state index contributed by atoms with van der Waals surface area (Å²) < 4.78 is 5.29. The second kappa shape index (κ2) is 5.61. The Kier molecular flexibility index (Phi) is 4.10. The van der Waals surface area contributed by atoms with E-state index in [9.17, 15) is 4.79 Å². The number of ether oxygens (including phenoxy) is 1. The maximum Gasteiger partial charge on any atom is 0.306 e. The quantitative estimate of drug-likeness (QED) is 0.825. The van der Waals surface area contributed by atoms with Crippen molar-refractivity contribution in [3.05, 3.63) is 28.8 Å². The molecule has 4 nitrogen and oxygen atoms in total. The van der Waals surface area contributed by atoms with Gasteiger partial charge in [0.1, 0.15) is 5.75 Å². The monoisotopic (exact) mass is 263 g/mol. The highest BCUT2D eigenvalue weighted by molar-refractivity contribution is 5.73. The van der Waals surface area contributed by atoms with Crippen molar-refractivity contribution in [2.75, 3.05) is 13.7 Å². The van der Waals surface area contributed by atoms with Crippen molar-refractivity contribution in [2.24, 2.45) is 11.8 Å². The first-order valence-electron chi connectivity index (χ1n) is 6.61. The predicted molar refractivity (Wildman–Crippen MR) is 73.4 cm³/mol. The molecule has 1 saturated carbocycles. The molecule has 0 bridgehead atoms. The third-order valence-electron chi connectivity index (χ3n) is 4.03. The average molecular weight is 263 g/mol. The fourth-order valence-corrected chi connectivity index (χ4v) is 2.43. The first-order chi connectivity index (χ1) is 9.04. The normalized spacial score (nSPS) is 21.2. The van der Waals surface area contributed by atoms with Crippen molar-refractivity contribution in [1.29, 1.82) is 0 Å². The second-order valence-electron chi connectivity index (χ2n) is 5.25. The van der Waals surface area contributed by atoms with Gasteiger partial charge >= 0.3 is 5.97 Å². The number of benzene rings is 1. The zero-order chi connectivity index (χ0) is 14.0. The number of carboxylic acid groups (broad SMARTS) is 1. The molecule has 4 heteroatoms. The van der Waals surface area contributed by atoms with Crippen LogP contribution >= 0.6 is 0 Å². The van der Waals surface area contributed by atoms with Crippen LogP contribution in [0.5, 0.6) is 5.75 Å². The molecule has 0 aliphatic heterocycles. The lowest BCUT2D eigenvalue weighted by Crippen LogP contribution is -2.19. The van der Waals surface area contributed by atoms with E-state index in [0.29, 0.717) is 5.92 Å². The van der Waals surface area contributed by atoms with Gasteiger partial charge in [0.2, 0.25) is 0 Å². The molecule has 0 radical (unpaired) electrons. The van der Waals surface area contributed by atoms with Crippen molar-refractivity contribution in [2.45, 2.75) is 26.8 Å². The van der Waals surface area contributed by atoms with Crippen LogP contribution < -0.4 is 10.1 Å². The minimum atomic E-state index is -0.664. The van der Waals surface area contributed by atoms with E-state index in [2.05, 4.69) is 25.2 Å². The van der Waals surface area contributed by atoms with Crippen LogP contribution in [0.4, 0.5) is 0 Å². The van der Waals surface area contributed by atoms with Gasteiger partial charge in [-0.15, -0.1) is 0 Å². The third kappa shape index (κ3) is 3.07. The fourth-order valence-electron chi connectivity index (χ4n) is 2.43. The second-order valence-corrected chi connectivity index (χ2v) is 5.25. The molecule has 0 heterocycles. The number of methoxy groups -OCH3 is 1. The zero-order valence-electron chi connectivity index (χ0n) is 11.7. The Labute approximate surface area is 113 Å². The molecule has 0 saturated heterocycles. The van der Waals surface area contributed by atoms with Crippen LogP contribution in [0.15, 0.2) is 12.1 Å². The Bertz CT molecular complexity index is 485. The minimum Gasteiger partial charge on any atom is -0.496 e. The Morgan fingerprint density at radius 1 is 1.42 bits per heavy atom. The fraction of sp³-hybridized carbons (Fsp3) is 0.533. The highest BCUT2D eigenvalue weighted by atomic mass is 16.5. The van der Waals surface area contributed by atoms with Gasteiger partial charge in [-0.1, -0.05) is 6.07 Å². The van der Waals surface area contributed by atoms with Gasteiger partial charge in [0.25, 0.3) is 0 Å². The molecule has 2 N–H and O–H groups in total. The summed E-state index contributed by atoms with van der Waals surface area (Å²) in [6, 6.07) is 4.05. The number of hydrogen-bond donors (Lipinski definition) is 2. The Hall–Kier alpha value is -1.55. The van der Waals surface area contributed by atoms with E-state index in [1.54, 1.807) is 7.11 Å². The van der Waals surface area contributed by atoms with Crippen molar-refractivity contribution < 1.29 is 14.6 Å². The number of carbonyl (C=O) groups is 1. The topological polar surface area (TPSA) is 58.6 Å². The van der Waals surface area contributed by atoms with E-state index in [-0.39, 0.29) is 5.92 Å². The van der Waals surface area contributed by atoms with E-state index < -0.39 is 5.97 Å². The van der Waals surface area contributed by atoms with Gasteiger partial charge in [0, 0.05) is 6.54 Å².